The van der Waals surface area contributed by atoms with Crippen LogP contribution in [-0.4, -0.2) is 32.5 Å². The molecular weight excluding hydrogens is 202 g/mol. The van der Waals surface area contributed by atoms with E-state index in [-0.39, 0.29) is 13.0 Å². The monoisotopic (exact) mass is 211 g/mol. The Morgan fingerprint density at radius 1 is 1.80 bits per heavy atom. The van der Waals surface area contributed by atoms with Crippen LogP contribution in [0.5, 0.6) is 0 Å². The number of rotatable bonds is 5. The van der Waals surface area contributed by atoms with E-state index in [2.05, 4.69) is 25.4 Å². The topological polar surface area (TPSA) is 154 Å². The molecule has 0 aliphatic heterocycles. The molecule has 80 valence electrons. The van der Waals surface area contributed by atoms with Gasteiger partial charge in [0.1, 0.15) is 6.04 Å². The van der Waals surface area contributed by atoms with Crippen LogP contribution in [0.15, 0.2) is 5.11 Å². The molecule has 0 spiro atoms. The molecule has 0 saturated carbocycles. The van der Waals surface area contributed by atoms with E-state index in [4.69, 9.17) is 16.4 Å². The second-order valence-corrected chi connectivity index (χ2v) is 2.77. The van der Waals surface area contributed by atoms with E-state index in [9.17, 15) is 4.79 Å². The fourth-order valence-corrected chi connectivity index (χ4v) is 0.959. The molecular formula is C6H9N7O2. The summed E-state index contributed by atoms with van der Waals surface area (Å²) < 4.78 is 0. The zero-order chi connectivity index (χ0) is 11.3. The van der Waals surface area contributed by atoms with Crippen LogP contribution in [0.1, 0.15) is 11.4 Å². The summed E-state index contributed by atoms with van der Waals surface area (Å²) in [7, 11) is 0. The highest BCUT2D eigenvalue weighted by atomic mass is 16.4. The van der Waals surface area contributed by atoms with Gasteiger partial charge in [-0.1, -0.05) is 10.3 Å². The van der Waals surface area contributed by atoms with Crippen LogP contribution in [0.2, 0.25) is 0 Å². The van der Waals surface area contributed by atoms with Crippen molar-refractivity contribution in [2.75, 3.05) is 0 Å². The van der Waals surface area contributed by atoms with E-state index in [0.29, 0.717) is 11.4 Å². The Bertz CT molecular complexity index is 394. The number of azide groups is 1. The minimum atomic E-state index is -1.12. The zero-order valence-corrected chi connectivity index (χ0v) is 7.66. The van der Waals surface area contributed by atoms with Crippen molar-refractivity contribution in [3.63, 3.8) is 0 Å². The molecule has 15 heavy (non-hydrogen) atoms. The maximum Gasteiger partial charge on any atom is 0.320 e. The standard InChI is InChI=1S/C6H9N7O2/c7-3(6(14)15)1-4-5(2-9-12-8)11-13-10-4/h3H,1-2,7H2,(H,14,15)(H,10,11,13)/t3-/m0/s1. The quantitative estimate of drug-likeness (QED) is 0.342. The number of carboxylic acid groups (broad SMARTS) is 1. The molecule has 9 nitrogen and oxygen atoms in total. The molecule has 0 unspecified atom stereocenters. The van der Waals surface area contributed by atoms with E-state index < -0.39 is 12.0 Å². The molecule has 1 heterocycles. The fourth-order valence-electron chi connectivity index (χ4n) is 0.959. The van der Waals surface area contributed by atoms with Crippen LogP contribution in [0, 0.1) is 0 Å². The summed E-state index contributed by atoms with van der Waals surface area (Å²) >= 11 is 0. The summed E-state index contributed by atoms with van der Waals surface area (Å²) in [5.74, 6) is -1.12. The number of hydrogen-bond acceptors (Lipinski definition) is 5. The number of carbonyl (C=O) groups is 1. The first kappa shape index (κ1) is 11.0. The zero-order valence-electron chi connectivity index (χ0n) is 7.66. The van der Waals surface area contributed by atoms with Crippen LogP contribution in [0.4, 0.5) is 0 Å². The van der Waals surface area contributed by atoms with Gasteiger partial charge in [-0.3, -0.25) is 9.89 Å². The third-order valence-corrected chi connectivity index (χ3v) is 1.73. The molecule has 1 aromatic rings. The molecule has 0 aromatic carbocycles. The summed E-state index contributed by atoms with van der Waals surface area (Å²) in [6, 6.07) is -1.04. The Kier molecular flexibility index (Phi) is 3.61. The largest absolute Gasteiger partial charge is 0.480 e. The average Bonchev–Trinajstić information content (AvgIpc) is 2.62. The Balaban J connectivity index is 2.72. The molecule has 1 aromatic heterocycles. The summed E-state index contributed by atoms with van der Waals surface area (Å²) in [5.41, 5.74) is 14.3. The number of hydrogen-bond donors (Lipinski definition) is 3. The van der Waals surface area contributed by atoms with Gasteiger partial charge in [0.05, 0.1) is 17.9 Å². The van der Waals surface area contributed by atoms with Crippen molar-refractivity contribution >= 4 is 5.97 Å². The van der Waals surface area contributed by atoms with E-state index in [1.54, 1.807) is 0 Å². The Morgan fingerprint density at radius 2 is 2.53 bits per heavy atom. The van der Waals surface area contributed by atoms with Gasteiger partial charge in [0, 0.05) is 11.3 Å². The second-order valence-electron chi connectivity index (χ2n) is 2.77. The Hall–Kier alpha value is -2.12. The first-order valence-corrected chi connectivity index (χ1v) is 4.03. The van der Waals surface area contributed by atoms with E-state index >= 15 is 0 Å². The number of nitrogens with two attached hydrogens (primary N) is 1. The molecule has 1 atom stereocenters. The van der Waals surface area contributed by atoms with Gasteiger partial charge < -0.3 is 10.8 Å². The minimum Gasteiger partial charge on any atom is -0.480 e. The number of carboxylic acids is 1. The minimum absolute atomic E-state index is 0.0438. The highest BCUT2D eigenvalue weighted by Crippen LogP contribution is 2.05. The molecule has 1 rings (SSSR count). The van der Waals surface area contributed by atoms with Gasteiger partial charge >= 0.3 is 5.97 Å². The maximum absolute atomic E-state index is 10.5. The molecule has 0 radical (unpaired) electrons. The number of nitrogens with one attached hydrogen (secondary N) is 1. The van der Waals surface area contributed by atoms with Crippen LogP contribution in [0.25, 0.3) is 10.4 Å². The second kappa shape index (κ2) is 4.94. The first-order chi connectivity index (χ1) is 7.15. The van der Waals surface area contributed by atoms with Crippen LogP contribution in [0.3, 0.4) is 0 Å². The van der Waals surface area contributed by atoms with Crippen molar-refractivity contribution < 1.29 is 9.90 Å². The number of nitrogens with zero attached hydrogens (tertiary/aromatic N) is 5. The maximum atomic E-state index is 10.5. The Morgan fingerprint density at radius 3 is 3.13 bits per heavy atom. The van der Waals surface area contributed by atoms with Crippen molar-refractivity contribution in [2.24, 2.45) is 10.8 Å². The number of aromatic nitrogens is 3. The van der Waals surface area contributed by atoms with Gasteiger partial charge in [-0.25, -0.2) is 0 Å². The number of H-pyrrole nitrogens is 1. The summed E-state index contributed by atoms with van der Waals surface area (Å²) in [6.07, 6.45) is 0.0438. The summed E-state index contributed by atoms with van der Waals surface area (Å²) in [6.45, 7) is 0.0468. The lowest BCUT2D eigenvalue weighted by Gasteiger charge is -2.03. The molecule has 0 fully saturated rings. The molecule has 0 amide bonds. The summed E-state index contributed by atoms with van der Waals surface area (Å²) in [5, 5.41) is 21.5. The van der Waals surface area contributed by atoms with Crippen molar-refractivity contribution in [1.29, 1.82) is 0 Å². The van der Waals surface area contributed by atoms with Gasteiger partial charge in [-0.15, -0.1) is 5.10 Å². The van der Waals surface area contributed by atoms with E-state index in [0.717, 1.165) is 0 Å². The number of aromatic amines is 1. The average molecular weight is 211 g/mol. The third-order valence-electron chi connectivity index (χ3n) is 1.73. The van der Waals surface area contributed by atoms with E-state index in [1.165, 1.54) is 0 Å². The molecule has 9 heteroatoms. The van der Waals surface area contributed by atoms with Crippen molar-refractivity contribution in [3.05, 3.63) is 21.8 Å². The first-order valence-electron chi connectivity index (χ1n) is 4.03. The third kappa shape index (κ3) is 2.93. The SMILES string of the molecule is [N-]=[N+]=NCc1[nH]nnc1C[C@H](N)C(=O)O. The van der Waals surface area contributed by atoms with E-state index in [1.807, 2.05) is 0 Å². The Labute approximate surface area is 83.9 Å². The van der Waals surface area contributed by atoms with Gasteiger partial charge in [-0.2, -0.15) is 0 Å². The van der Waals surface area contributed by atoms with Gasteiger partial charge in [0.2, 0.25) is 0 Å². The van der Waals surface area contributed by atoms with Gasteiger partial charge in [0.15, 0.2) is 0 Å². The van der Waals surface area contributed by atoms with Crippen molar-refractivity contribution in [1.82, 2.24) is 15.4 Å². The smallest absolute Gasteiger partial charge is 0.320 e. The molecule has 0 bridgehead atoms. The normalized spacial score (nSPS) is 11.8. The van der Waals surface area contributed by atoms with Crippen molar-refractivity contribution in [3.8, 4) is 0 Å². The predicted octanol–water partition coefficient (Wildman–Crippen LogP) is -0.431. The van der Waals surface area contributed by atoms with Gasteiger partial charge in [0.25, 0.3) is 0 Å². The van der Waals surface area contributed by atoms with Crippen LogP contribution in [-0.2, 0) is 17.8 Å². The van der Waals surface area contributed by atoms with Crippen LogP contribution < -0.4 is 5.73 Å². The molecule has 0 aliphatic rings. The number of aliphatic carboxylic acids is 1. The highest BCUT2D eigenvalue weighted by Gasteiger charge is 2.16. The lowest BCUT2D eigenvalue weighted by Crippen LogP contribution is -2.32. The molecule has 0 aliphatic carbocycles. The van der Waals surface area contributed by atoms with Gasteiger partial charge in [-0.05, 0) is 5.53 Å². The lowest BCUT2D eigenvalue weighted by atomic mass is 10.1. The molecule has 0 saturated heterocycles. The van der Waals surface area contributed by atoms with Crippen molar-refractivity contribution in [2.45, 2.75) is 19.0 Å². The highest BCUT2D eigenvalue weighted by molar-refractivity contribution is 5.73. The molecule has 4 N–H and O–H groups in total. The summed E-state index contributed by atoms with van der Waals surface area (Å²) in [4.78, 5) is 13.1. The fraction of sp³-hybridized carbons (Fsp3) is 0.500. The predicted molar refractivity (Wildman–Crippen MR) is 48.5 cm³/mol. The lowest BCUT2D eigenvalue weighted by molar-refractivity contribution is -0.138. The van der Waals surface area contributed by atoms with Crippen LogP contribution >= 0.6 is 0 Å².